The van der Waals surface area contributed by atoms with Gasteiger partial charge in [-0.1, -0.05) is 0 Å². The monoisotopic (exact) mass is 218 g/mol. The van der Waals surface area contributed by atoms with Crippen molar-refractivity contribution in [2.24, 2.45) is 0 Å². The number of rotatable bonds is 1. The first-order chi connectivity index (χ1) is 5.15. The molecule has 0 aliphatic heterocycles. The third-order valence-corrected chi connectivity index (χ3v) is 2.00. The summed E-state index contributed by atoms with van der Waals surface area (Å²) in [4.78, 5) is 0. The number of hydrogen-bond acceptors (Lipinski definition) is 1. The lowest BCUT2D eigenvalue weighted by molar-refractivity contribution is 0.412. The summed E-state index contributed by atoms with van der Waals surface area (Å²) in [6.45, 7) is 1.70. The molecule has 0 N–H and O–H groups in total. The summed E-state index contributed by atoms with van der Waals surface area (Å²) in [5.41, 5.74) is 0.580. The van der Waals surface area contributed by atoms with E-state index in [9.17, 15) is 4.39 Å². The van der Waals surface area contributed by atoms with Gasteiger partial charge in [-0.15, -0.1) is 0 Å². The van der Waals surface area contributed by atoms with Crippen molar-refractivity contribution in [1.29, 1.82) is 0 Å². The summed E-state index contributed by atoms with van der Waals surface area (Å²) < 4.78 is 18.3. The van der Waals surface area contributed by atoms with Gasteiger partial charge in [-0.25, -0.2) is 4.39 Å². The van der Waals surface area contributed by atoms with Gasteiger partial charge < -0.3 is 4.74 Å². The van der Waals surface area contributed by atoms with Gasteiger partial charge in [-0.2, -0.15) is 0 Å². The van der Waals surface area contributed by atoms with E-state index in [0.717, 1.165) is 0 Å². The summed E-state index contributed by atoms with van der Waals surface area (Å²) >= 11 is 3.08. The highest BCUT2D eigenvalue weighted by molar-refractivity contribution is 9.10. The Kier molecular flexibility index (Phi) is 2.49. The van der Waals surface area contributed by atoms with E-state index in [1.54, 1.807) is 26.2 Å². The van der Waals surface area contributed by atoms with Crippen molar-refractivity contribution in [2.75, 3.05) is 7.11 Å². The molecule has 0 aromatic heterocycles. The molecule has 0 unspecified atom stereocenters. The van der Waals surface area contributed by atoms with Gasteiger partial charge in [-0.3, -0.25) is 0 Å². The van der Waals surface area contributed by atoms with Gasteiger partial charge in [-0.05, 0) is 40.5 Å². The van der Waals surface area contributed by atoms with Crippen LogP contribution in [0.4, 0.5) is 4.39 Å². The van der Waals surface area contributed by atoms with Gasteiger partial charge in [0.25, 0.3) is 0 Å². The molecule has 0 spiro atoms. The number of halogens is 2. The first kappa shape index (κ1) is 8.53. The highest BCUT2D eigenvalue weighted by Gasteiger charge is 2.04. The van der Waals surface area contributed by atoms with Gasteiger partial charge in [0.05, 0.1) is 11.6 Å². The Hall–Kier alpha value is -0.570. The largest absolute Gasteiger partial charge is 0.497 e. The average molecular weight is 219 g/mol. The van der Waals surface area contributed by atoms with E-state index in [1.807, 2.05) is 0 Å². The second-order valence-corrected chi connectivity index (χ2v) is 3.09. The fourth-order valence-electron chi connectivity index (χ4n) is 0.813. The van der Waals surface area contributed by atoms with Gasteiger partial charge in [0.2, 0.25) is 0 Å². The molecule has 0 amide bonds. The van der Waals surface area contributed by atoms with Crippen LogP contribution in [0.1, 0.15) is 5.56 Å². The van der Waals surface area contributed by atoms with E-state index in [-0.39, 0.29) is 5.82 Å². The van der Waals surface area contributed by atoms with E-state index < -0.39 is 0 Å². The first-order valence-electron chi connectivity index (χ1n) is 3.15. The Bertz CT molecular complexity index is 250. The van der Waals surface area contributed by atoms with E-state index in [2.05, 4.69) is 15.9 Å². The zero-order chi connectivity index (χ0) is 8.43. The molecule has 0 fully saturated rings. The lowest BCUT2D eigenvalue weighted by atomic mass is 10.2. The topological polar surface area (TPSA) is 9.23 Å². The van der Waals surface area contributed by atoms with E-state index in [4.69, 9.17) is 4.74 Å². The first-order valence-corrected chi connectivity index (χ1v) is 3.94. The third kappa shape index (κ3) is 1.71. The number of aryl methyl sites for hydroxylation is 1. The maximum Gasteiger partial charge on any atom is 0.140 e. The van der Waals surface area contributed by atoms with Crippen molar-refractivity contribution < 1.29 is 9.13 Å². The number of methoxy groups -OCH3 is 1. The molecule has 1 aromatic carbocycles. The van der Waals surface area contributed by atoms with Crippen LogP contribution in [-0.4, -0.2) is 7.11 Å². The van der Waals surface area contributed by atoms with Crippen molar-refractivity contribution in [3.63, 3.8) is 0 Å². The molecular weight excluding hydrogens is 211 g/mol. The molecule has 60 valence electrons. The highest BCUT2D eigenvalue weighted by atomic mass is 79.9. The van der Waals surface area contributed by atoms with Gasteiger partial charge in [0.1, 0.15) is 11.6 Å². The second-order valence-electron chi connectivity index (χ2n) is 2.24. The Morgan fingerprint density at radius 3 is 2.55 bits per heavy atom. The quantitative estimate of drug-likeness (QED) is 0.705. The van der Waals surface area contributed by atoms with E-state index >= 15 is 0 Å². The number of hydrogen-bond donors (Lipinski definition) is 0. The van der Waals surface area contributed by atoms with Crippen molar-refractivity contribution in [1.82, 2.24) is 0 Å². The summed E-state index contributed by atoms with van der Waals surface area (Å²) in [5.74, 6) is 0.432. The third-order valence-electron chi connectivity index (χ3n) is 1.42. The van der Waals surface area contributed by atoms with Crippen LogP contribution in [0.25, 0.3) is 0 Å². The normalized spacial score (nSPS) is 9.82. The van der Waals surface area contributed by atoms with Crippen molar-refractivity contribution in [3.8, 4) is 5.75 Å². The summed E-state index contributed by atoms with van der Waals surface area (Å²) in [5, 5.41) is 0. The number of benzene rings is 1. The van der Waals surface area contributed by atoms with Crippen LogP contribution in [-0.2, 0) is 0 Å². The molecule has 0 bridgehead atoms. The fraction of sp³-hybridized carbons (Fsp3) is 0.250. The van der Waals surface area contributed by atoms with Crippen molar-refractivity contribution in [2.45, 2.75) is 6.92 Å². The number of ether oxygens (including phenoxy) is 1. The van der Waals surface area contributed by atoms with Gasteiger partial charge in [0.15, 0.2) is 0 Å². The molecule has 0 radical (unpaired) electrons. The maximum atomic E-state index is 12.9. The molecular formula is C8H8BrFO. The summed E-state index contributed by atoms with van der Waals surface area (Å²) in [6.07, 6.45) is 0. The molecule has 3 heteroatoms. The molecule has 1 nitrogen and oxygen atoms in total. The Balaban J connectivity index is 3.21. The molecule has 1 rings (SSSR count). The van der Waals surface area contributed by atoms with Crippen LogP contribution in [0.2, 0.25) is 0 Å². The molecule has 0 aliphatic rings. The maximum absolute atomic E-state index is 12.9. The summed E-state index contributed by atoms with van der Waals surface area (Å²) in [6, 6.07) is 3.25. The second kappa shape index (κ2) is 3.22. The predicted molar refractivity (Wildman–Crippen MR) is 45.4 cm³/mol. The van der Waals surface area contributed by atoms with Gasteiger partial charge >= 0.3 is 0 Å². The van der Waals surface area contributed by atoms with Crippen molar-refractivity contribution >= 4 is 15.9 Å². The van der Waals surface area contributed by atoms with Crippen LogP contribution in [0.5, 0.6) is 5.75 Å². The van der Waals surface area contributed by atoms with Crippen LogP contribution in [0.15, 0.2) is 16.6 Å². The predicted octanol–water partition coefficient (Wildman–Crippen LogP) is 2.91. The zero-order valence-electron chi connectivity index (χ0n) is 6.32. The lowest BCUT2D eigenvalue weighted by Crippen LogP contribution is -1.88. The molecule has 0 saturated heterocycles. The minimum absolute atomic E-state index is 0.231. The Morgan fingerprint density at radius 2 is 2.09 bits per heavy atom. The standard InChI is InChI=1S/C8H8BrFO/c1-5-3-6(11-2)4-7(9)8(5)10/h3-4H,1-2H3. The van der Waals surface area contributed by atoms with Crippen LogP contribution in [0.3, 0.4) is 0 Å². The summed E-state index contributed by atoms with van der Waals surface area (Å²) in [7, 11) is 1.55. The Labute approximate surface area is 73.3 Å². The van der Waals surface area contributed by atoms with Gasteiger partial charge in [0, 0.05) is 0 Å². The molecule has 1 aromatic rings. The molecule has 0 atom stereocenters. The average Bonchev–Trinajstić information content (AvgIpc) is 1.99. The minimum atomic E-state index is -0.231. The highest BCUT2D eigenvalue weighted by Crippen LogP contribution is 2.24. The van der Waals surface area contributed by atoms with Crippen LogP contribution >= 0.6 is 15.9 Å². The molecule has 0 saturated carbocycles. The lowest BCUT2D eigenvalue weighted by Gasteiger charge is -2.03. The zero-order valence-corrected chi connectivity index (χ0v) is 7.90. The minimum Gasteiger partial charge on any atom is -0.497 e. The molecule has 0 aliphatic carbocycles. The van der Waals surface area contributed by atoms with Crippen molar-refractivity contribution in [3.05, 3.63) is 28.0 Å². The van der Waals surface area contributed by atoms with Crippen LogP contribution < -0.4 is 4.74 Å². The molecule has 0 heterocycles. The SMILES string of the molecule is COc1cc(C)c(F)c(Br)c1. The molecule has 11 heavy (non-hydrogen) atoms. The van der Waals surface area contributed by atoms with E-state index in [1.165, 1.54) is 0 Å². The Morgan fingerprint density at radius 1 is 1.45 bits per heavy atom. The van der Waals surface area contributed by atoms with E-state index in [0.29, 0.717) is 15.8 Å². The smallest absolute Gasteiger partial charge is 0.140 e. The fourth-order valence-corrected chi connectivity index (χ4v) is 1.35. The van der Waals surface area contributed by atoms with Crippen LogP contribution in [0, 0.1) is 12.7 Å².